The molecule has 0 spiro atoms. The van der Waals surface area contributed by atoms with Crippen molar-refractivity contribution in [3.63, 3.8) is 0 Å². The smallest absolute Gasteiger partial charge is 0.227 e. The maximum absolute atomic E-state index is 12.7. The van der Waals surface area contributed by atoms with Crippen LogP contribution in [0.3, 0.4) is 0 Å². The van der Waals surface area contributed by atoms with Gasteiger partial charge in [0.15, 0.2) is 0 Å². The molecule has 1 amide bonds. The minimum absolute atomic E-state index is 0.130. The van der Waals surface area contributed by atoms with E-state index in [1.165, 1.54) is 18.4 Å². The van der Waals surface area contributed by atoms with Gasteiger partial charge in [0, 0.05) is 35.6 Å². The molecule has 3 aromatic rings. The molecule has 0 N–H and O–H groups in total. The SMILES string of the molecule is CCCCCn1c(C2CC(=O)N(c3cccc(Br)c3)C2)nc2ccccc21. The van der Waals surface area contributed by atoms with E-state index in [1.54, 1.807) is 0 Å². The van der Waals surface area contributed by atoms with Crippen molar-refractivity contribution in [1.82, 2.24) is 9.55 Å². The zero-order valence-corrected chi connectivity index (χ0v) is 17.2. The quantitative estimate of drug-likeness (QED) is 0.488. The van der Waals surface area contributed by atoms with E-state index in [0.29, 0.717) is 13.0 Å². The third-order valence-electron chi connectivity index (χ3n) is 5.28. The number of rotatable bonds is 6. The highest BCUT2D eigenvalue weighted by atomic mass is 79.9. The van der Waals surface area contributed by atoms with Gasteiger partial charge >= 0.3 is 0 Å². The fourth-order valence-corrected chi connectivity index (χ4v) is 4.32. The Kier molecular flexibility index (Phi) is 5.30. The van der Waals surface area contributed by atoms with E-state index in [4.69, 9.17) is 4.98 Å². The first-order chi connectivity index (χ1) is 13.2. The minimum atomic E-state index is 0.130. The first-order valence-electron chi connectivity index (χ1n) is 9.68. The number of imidazole rings is 1. The molecule has 0 saturated carbocycles. The molecule has 5 heteroatoms. The molecule has 0 aliphatic carbocycles. The summed E-state index contributed by atoms with van der Waals surface area (Å²) in [5.74, 6) is 1.36. The number of hydrogen-bond acceptors (Lipinski definition) is 2. The Morgan fingerprint density at radius 1 is 1.15 bits per heavy atom. The second kappa shape index (κ2) is 7.85. The highest BCUT2D eigenvalue weighted by Gasteiger charge is 2.34. The van der Waals surface area contributed by atoms with Crippen molar-refractivity contribution in [1.29, 1.82) is 0 Å². The number of unbranched alkanes of at least 4 members (excludes halogenated alkanes) is 2. The van der Waals surface area contributed by atoms with Crippen LogP contribution in [0.15, 0.2) is 53.0 Å². The Morgan fingerprint density at radius 2 is 2.00 bits per heavy atom. The third kappa shape index (κ3) is 3.65. The summed E-state index contributed by atoms with van der Waals surface area (Å²) in [6.07, 6.45) is 4.06. The van der Waals surface area contributed by atoms with Crippen molar-refractivity contribution in [3.8, 4) is 0 Å². The number of carbonyl (C=O) groups excluding carboxylic acids is 1. The number of nitrogens with zero attached hydrogens (tertiary/aromatic N) is 3. The van der Waals surface area contributed by atoms with Crippen LogP contribution in [0.1, 0.15) is 44.3 Å². The van der Waals surface area contributed by atoms with Crippen molar-refractivity contribution in [2.75, 3.05) is 11.4 Å². The number of aryl methyl sites for hydroxylation is 1. The van der Waals surface area contributed by atoms with Crippen LogP contribution in [0.5, 0.6) is 0 Å². The van der Waals surface area contributed by atoms with Crippen LogP contribution in [0.4, 0.5) is 5.69 Å². The first-order valence-corrected chi connectivity index (χ1v) is 10.5. The molecule has 1 atom stereocenters. The summed E-state index contributed by atoms with van der Waals surface area (Å²) in [4.78, 5) is 19.6. The van der Waals surface area contributed by atoms with Crippen molar-refractivity contribution in [2.45, 2.75) is 45.1 Å². The Morgan fingerprint density at radius 3 is 2.81 bits per heavy atom. The number of amides is 1. The van der Waals surface area contributed by atoms with E-state index in [9.17, 15) is 4.79 Å². The van der Waals surface area contributed by atoms with Crippen LogP contribution in [0, 0.1) is 0 Å². The van der Waals surface area contributed by atoms with Crippen LogP contribution in [-0.2, 0) is 11.3 Å². The summed E-state index contributed by atoms with van der Waals surface area (Å²) in [6, 6.07) is 16.3. The van der Waals surface area contributed by atoms with Gasteiger partial charge in [0.05, 0.1) is 11.0 Å². The van der Waals surface area contributed by atoms with Crippen LogP contribution in [0.2, 0.25) is 0 Å². The van der Waals surface area contributed by atoms with Crippen molar-refractivity contribution in [3.05, 3.63) is 58.8 Å². The van der Waals surface area contributed by atoms with Gasteiger partial charge < -0.3 is 9.47 Å². The lowest BCUT2D eigenvalue weighted by molar-refractivity contribution is -0.117. The van der Waals surface area contributed by atoms with Crippen molar-refractivity contribution >= 4 is 38.6 Å². The standard InChI is InChI=1S/C22H24BrN3O/c1-2-3-6-12-25-20-11-5-4-10-19(20)24-22(25)16-13-21(27)26(15-16)18-9-7-8-17(23)14-18/h4-5,7-11,14,16H,2-3,6,12-13,15H2,1H3. The fraction of sp³-hybridized carbons (Fsp3) is 0.364. The molecule has 1 aromatic heterocycles. The van der Waals surface area contributed by atoms with Crippen molar-refractivity contribution < 1.29 is 4.79 Å². The molecular weight excluding hydrogens is 402 g/mol. The average Bonchev–Trinajstić information content (AvgIpc) is 3.23. The lowest BCUT2D eigenvalue weighted by atomic mass is 10.1. The molecule has 4 rings (SSSR count). The molecule has 4 nitrogen and oxygen atoms in total. The van der Waals surface area contributed by atoms with E-state index in [-0.39, 0.29) is 11.8 Å². The Bertz CT molecular complexity index is 965. The highest BCUT2D eigenvalue weighted by molar-refractivity contribution is 9.10. The Balaban J connectivity index is 1.66. The zero-order chi connectivity index (χ0) is 18.8. The summed E-state index contributed by atoms with van der Waals surface area (Å²) < 4.78 is 3.33. The normalized spacial score (nSPS) is 17.2. The number of anilines is 1. The Hall–Kier alpha value is -2.14. The number of fused-ring (bicyclic) bond motifs is 1. The summed E-state index contributed by atoms with van der Waals surface area (Å²) in [6.45, 7) is 3.87. The number of carbonyl (C=O) groups is 1. The van der Waals surface area contributed by atoms with Gasteiger partial charge in [-0.25, -0.2) is 4.98 Å². The lowest BCUT2D eigenvalue weighted by Crippen LogP contribution is -2.24. The van der Waals surface area contributed by atoms with E-state index in [1.807, 2.05) is 35.2 Å². The number of aromatic nitrogens is 2. The van der Waals surface area contributed by atoms with Gasteiger partial charge in [-0.1, -0.05) is 53.9 Å². The van der Waals surface area contributed by atoms with Gasteiger partial charge in [0.1, 0.15) is 5.82 Å². The van der Waals surface area contributed by atoms with Crippen molar-refractivity contribution in [2.24, 2.45) is 0 Å². The van der Waals surface area contributed by atoms with E-state index < -0.39 is 0 Å². The zero-order valence-electron chi connectivity index (χ0n) is 15.6. The molecule has 2 heterocycles. The number of hydrogen-bond donors (Lipinski definition) is 0. The lowest BCUT2D eigenvalue weighted by Gasteiger charge is -2.17. The first kappa shape index (κ1) is 18.2. The molecule has 1 unspecified atom stereocenters. The topological polar surface area (TPSA) is 38.1 Å². The molecule has 0 radical (unpaired) electrons. The van der Waals surface area contributed by atoms with Gasteiger partial charge in [-0.05, 0) is 36.8 Å². The summed E-state index contributed by atoms with van der Waals surface area (Å²) >= 11 is 3.50. The van der Waals surface area contributed by atoms with Gasteiger partial charge in [-0.15, -0.1) is 0 Å². The largest absolute Gasteiger partial charge is 0.328 e. The fourth-order valence-electron chi connectivity index (χ4n) is 3.93. The third-order valence-corrected chi connectivity index (χ3v) is 5.77. The van der Waals surface area contributed by atoms with Gasteiger partial charge in [-0.2, -0.15) is 0 Å². The van der Waals surface area contributed by atoms with E-state index in [2.05, 4.69) is 45.6 Å². The molecule has 1 fully saturated rings. The molecule has 2 aromatic carbocycles. The maximum atomic E-state index is 12.7. The maximum Gasteiger partial charge on any atom is 0.227 e. The monoisotopic (exact) mass is 425 g/mol. The average molecular weight is 426 g/mol. The molecule has 0 bridgehead atoms. The summed E-state index contributed by atoms with van der Waals surface area (Å²) in [5, 5.41) is 0. The molecule has 1 saturated heterocycles. The number of benzene rings is 2. The van der Waals surface area contributed by atoms with Gasteiger partial charge in [0.25, 0.3) is 0 Å². The van der Waals surface area contributed by atoms with E-state index >= 15 is 0 Å². The van der Waals surface area contributed by atoms with Crippen LogP contribution in [0.25, 0.3) is 11.0 Å². The summed E-state index contributed by atoms with van der Waals surface area (Å²) in [7, 11) is 0. The van der Waals surface area contributed by atoms with Crippen LogP contribution < -0.4 is 4.90 Å². The Labute approximate surface area is 168 Å². The minimum Gasteiger partial charge on any atom is -0.328 e. The second-order valence-corrected chi connectivity index (χ2v) is 8.12. The number of para-hydroxylation sites is 2. The van der Waals surface area contributed by atoms with Crippen LogP contribution >= 0.6 is 15.9 Å². The molecule has 140 valence electrons. The highest BCUT2D eigenvalue weighted by Crippen LogP contribution is 2.34. The molecule has 1 aliphatic rings. The number of halogens is 1. The molecule has 1 aliphatic heterocycles. The summed E-state index contributed by atoms with van der Waals surface area (Å²) in [5.41, 5.74) is 3.15. The predicted octanol–water partition coefficient (Wildman–Crippen LogP) is 5.51. The van der Waals surface area contributed by atoms with E-state index in [0.717, 1.165) is 34.5 Å². The van der Waals surface area contributed by atoms with Gasteiger partial charge in [-0.3, -0.25) is 4.79 Å². The molecular formula is C22H24BrN3O. The predicted molar refractivity (Wildman–Crippen MR) is 113 cm³/mol. The molecule has 27 heavy (non-hydrogen) atoms. The second-order valence-electron chi connectivity index (χ2n) is 7.20. The van der Waals surface area contributed by atoms with Crippen LogP contribution in [-0.4, -0.2) is 22.0 Å². The van der Waals surface area contributed by atoms with Gasteiger partial charge in [0.2, 0.25) is 5.91 Å².